The fourth-order valence-corrected chi connectivity index (χ4v) is 11.1. The standard InChI is InChI=1S/C17H29NO2.C11H19NO3S.C8H12O2.C7H14O2/c1-6-15(2,3)14(20)18-10-9-17-8-7-12(11-13(17)19)16(17,4)5;1-6-7(2)9-4-8(6)5-10(9)11(13)12-16(3,14)15;9-8(10)7-4-5-1-2-6(7)3-5;1-5-7(2,3)6(8)9-4/h12H,6-11H2,1-5H3,(H,18,20);6-10H,4-5H2,1-3H3,(H,12,13);5-7H,1-4H2,(H,9,10);5H2,1-4H3. The van der Waals surface area contributed by atoms with Gasteiger partial charge in [-0.3, -0.25) is 28.7 Å². The van der Waals surface area contributed by atoms with Crippen LogP contribution in [0.3, 0.4) is 0 Å². The van der Waals surface area contributed by atoms with Crippen LogP contribution < -0.4 is 10.0 Å². The summed E-state index contributed by atoms with van der Waals surface area (Å²) < 4.78 is 28.7. The number of Topliss-reactive ketones (excluding diaryl/α,β-unsaturated/α-hetero) is 1. The predicted molar refractivity (Wildman–Crippen MR) is 214 cm³/mol. The highest BCUT2D eigenvalue weighted by Crippen LogP contribution is 2.65. The Kier molecular flexibility index (Phi) is 15.3. The van der Waals surface area contributed by atoms with Gasteiger partial charge in [0.25, 0.3) is 0 Å². The van der Waals surface area contributed by atoms with Gasteiger partial charge in [-0.05, 0) is 125 Å². The molecule has 11 nitrogen and oxygen atoms in total. The van der Waals surface area contributed by atoms with E-state index >= 15 is 0 Å². The Morgan fingerprint density at radius 2 is 1.49 bits per heavy atom. The Labute approximate surface area is 332 Å². The molecule has 10 atom stereocenters. The number of fused-ring (bicyclic) bond motifs is 6. The summed E-state index contributed by atoms with van der Waals surface area (Å²) in [6.07, 6.45) is 13.0. The number of hydrogen-bond acceptors (Lipinski definition) is 8. The number of aliphatic carboxylic acids is 1. The van der Waals surface area contributed by atoms with Gasteiger partial charge in [0.15, 0.2) is 0 Å². The molecule has 2 amide bonds. The lowest BCUT2D eigenvalue weighted by molar-refractivity contribution is -0.151. The van der Waals surface area contributed by atoms with Crippen LogP contribution in [0.5, 0.6) is 0 Å². The van der Waals surface area contributed by atoms with Crippen LogP contribution in [0, 0.1) is 74.9 Å². The van der Waals surface area contributed by atoms with E-state index in [9.17, 15) is 32.4 Å². The second kappa shape index (κ2) is 18.0. The highest BCUT2D eigenvalue weighted by molar-refractivity contribution is 7.89. The summed E-state index contributed by atoms with van der Waals surface area (Å²) in [5.41, 5.74) is -0.698. The minimum Gasteiger partial charge on any atom is -0.481 e. The number of ketones is 1. The maximum Gasteiger partial charge on any atom is 0.311 e. The van der Waals surface area contributed by atoms with Gasteiger partial charge >= 0.3 is 11.9 Å². The van der Waals surface area contributed by atoms with Gasteiger partial charge in [-0.2, -0.15) is 0 Å². The highest BCUT2D eigenvalue weighted by atomic mass is 32.2. The van der Waals surface area contributed by atoms with Gasteiger partial charge in [-0.15, -0.1) is 0 Å². The third-order valence-corrected chi connectivity index (χ3v) is 16.2. The molecule has 6 aliphatic rings. The van der Waals surface area contributed by atoms with Gasteiger partial charge in [0.05, 0.1) is 24.7 Å². The lowest BCUT2D eigenvalue weighted by Crippen LogP contribution is -2.42. The van der Waals surface area contributed by atoms with Crippen molar-refractivity contribution in [2.75, 3.05) is 19.9 Å². The number of ether oxygens (including phenoxy) is 1. The second-order valence-electron chi connectivity index (χ2n) is 19.7. The molecule has 12 heteroatoms. The van der Waals surface area contributed by atoms with Crippen molar-refractivity contribution in [2.45, 2.75) is 146 Å². The molecule has 0 saturated heterocycles. The molecule has 3 N–H and O–H groups in total. The zero-order valence-electron chi connectivity index (χ0n) is 36.0. The molecule has 10 unspecified atom stereocenters. The molecule has 316 valence electrons. The summed E-state index contributed by atoms with van der Waals surface area (Å²) in [4.78, 5) is 57.8. The van der Waals surface area contributed by atoms with Gasteiger partial charge in [-0.25, -0.2) is 8.42 Å². The van der Waals surface area contributed by atoms with E-state index in [1.807, 2.05) is 41.5 Å². The zero-order chi connectivity index (χ0) is 41.9. The zero-order valence-corrected chi connectivity index (χ0v) is 36.8. The number of hydrogen-bond donors (Lipinski definition) is 3. The van der Waals surface area contributed by atoms with Gasteiger partial charge < -0.3 is 15.2 Å². The number of carbonyl (C=O) groups is 5. The first kappa shape index (κ1) is 46.9. The largest absolute Gasteiger partial charge is 0.481 e. The Morgan fingerprint density at radius 1 is 0.873 bits per heavy atom. The molecule has 0 radical (unpaired) electrons. The fourth-order valence-electron chi connectivity index (χ4n) is 10.6. The van der Waals surface area contributed by atoms with Crippen LogP contribution in [0.4, 0.5) is 0 Å². The smallest absolute Gasteiger partial charge is 0.311 e. The monoisotopic (exact) mass is 795 g/mol. The molecule has 6 fully saturated rings. The van der Waals surface area contributed by atoms with Crippen LogP contribution in [0.1, 0.15) is 146 Å². The van der Waals surface area contributed by atoms with Gasteiger partial charge in [0.2, 0.25) is 21.8 Å². The molecule has 55 heavy (non-hydrogen) atoms. The van der Waals surface area contributed by atoms with Crippen molar-refractivity contribution >= 4 is 39.6 Å². The van der Waals surface area contributed by atoms with Crippen molar-refractivity contribution in [1.82, 2.24) is 10.0 Å². The fraction of sp³-hybridized carbons (Fsp3) is 0.884. The Hall–Kier alpha value is -2.50. The molecule has 6 saturated carbocycles. The molecule has 6 bridgehead atoms. The van der Waals surface area contributed by atoms with Gasteiger partial charge in [0, 0.05) is 29.7 Å². The van der Waals surface area contributed by atoms with Crippen LogP contribution in [-0.2, 0) is 38.7 Å². The molecule has 6 aliphatic carbocycles. The molecule has 0 aromatic carbocycles. The van der Waals surface area contributed by atoms with Gasteiger partial charge in [0.1, 0.15) is 5.78 Å². The second-order valence-corrected chi connectivity index (χ2v) is 21.5. The molecule has 0 aromatic heterocycles. The third-order valence-electron chi connectivity index (χ3n) is 15.7. The van der Waals surface area contributed by atoms with Crippen molar-refractivity contribution in [3.63, 3.8) is 0 Å². The quantitative estimate of drug-likeness (QED) is 0.190. The number of carboxylic acid groups (broad SMARTS) is 1. The number of nitrogens with one attached hydrogen (secondary N) is 2. The van der Waals surface area contributed by atoms with E-state index < -0.39 is 16.0 Å². The normalized spacial score (nSPS) is 33.7. The first-order valence-corrected chi connectivity index (χ1v) is 22.8. The number of amides is 2. The molecule has 0 spiro atoms. The molecule has 6 rings (SSSR count). The maximum atomic E-state index is 12.4. The lowest BCUT2D eigenvalue weighted by atomic mass is 9.67. The van der Waals surface area contributed by atoms with Crippen molar-refractivity contribution in [3.05, 3.63) is 0 Å². The van der Waals surface area contributed by atoms with E-state index in [1.54, 1.807) is 0 Å². The first-order chi connectivity index (χ1) is 25.3. The Balaban J connectivity index is 0.000000207. The summed E-state index contributed by atoms with van der Waals surface area (Å²) >= 11 is 0. The van der Waals surface area contributed by atoms with E-state index in [1.165, 1.54) is 32.8 Å². The number of carbonyl (C=O) groups excluding carboxylic acids is 4. The molecule has 0 aromatic rings. The van der Waals surface area contributed by atoms with E-state index in [0.29, 0.717) is 47.8 Å². The van der Waals surface area contributed by atoms with E-state index in [0.717, 1.165) is 63.5 Å². The Morgan fingerprint density at radius 3 is 1.85 bits per heavy atom. The average Bonchev–Trinajstić information content (AvgIpc) is 3.96. The number of esters is 1. The molecular formula is C43H74N2O9S. The van der Waals surface area contributed by atoms with Crippen molar-refractivity contribution < 1.29 is 42.2 Å². The minimum absolute atomic E-state index is 0.0127. The SMILES string of the molecule is CC1C2CC(C(=O)NS(C)(=O)=O)C(C2)C1C.CCC(C)(C)C(=O)NCCC12CCC(CC1=O)C2(C)C.CCC(C)(C)C(=O)OC.O=C(O)C1CC2CCC1C2. The number of methoxy groups -OCH3 is 1. The van der Waals surface area contributed by atoms with E-state index in [2.05, 4.69) is 42.5 Å². The predicted octanol–water partition coefficient (Wildman–Crippen LogP) is 7.42. The highest BCUT2D eigenvalue weighted by Gasteiger charge is 2.63. The van der Waals surface area contributed by atoms with Crippen LogP contribution >= 0.6 is 0 Å². The lowest BCUT2D eigenvalue weighted by Gasteiger charge is -2.37. The summed E-state index contributed by atoms with van der Waals surface area (Å²) in [6, 6.07) is 0. The van der Waals surface area contributed by atoms with Crippen LogP contribution in [-0.4, -0.2) is 63.0 Å². The topological polar surface area (TPSA) is 173 Å². The molecular weight excluding hydrogens is 721 g/mol. The first-order valence-electron chi connectivity index (χ1n) is 20.9. The third kappa shape index (κ3) is 10.5. The molecule has 0 aliphatic heterocycles. The number of sulfonamides is 1. The summed E-state index contributed by atoms with van der Waals surface area (Å²) in [5.74, 6) is 3.50. The van der Waals surface area contributed by atoms with Crippen LogP contribution in [0.2, 0.25) is 0 Å². The summed E-state index contributed by atoms with van der Waals surface area (Å²) in [6.45, 7) is 21.2. The number of carboxylic acids is 1. The van der Waals surface area contributed by atoms with Crippen molar-refractivity contribution in [1.29, 1.82) is 0 Å². The number of rotatable bonds is 10. The van der Waals surface area contributed by atoms with Crippen LogP contribution in [0.15, 0.2) is 0 Å². The van der Waals surface area contributed by atoms with E-state index in [4.69, 9.17) is 5.11 Å². The Bertz CT molecular complexity index is 1520. The van der Waals surface area contributed by atoms with Crippen molar-refractivity contribution in [3.8, 4) is 0 Å². The maximum absolute atomic E-state index is 12.4. The van der Waals surface area contributed by atoms with Crippen LogP contribution in [0.25, 0.3) is 0 Å². The summed E-state index contributed by atoms with van der Waals surface area (Å²) in [5, 5.41) is 11.8. The summed E-state index contributed by atoms with van der Waals surface area (Å²) in [7, 11) is -1.99. The molecule has 0 heterocycles. The minimum atomic E-state index is -3.41. The van der Waals surface area contributed by atoms with E-state index in [-0.39, 0.29) is 51.3 Å². The average molecular weight is 795 g/mol. The van der Waals surface area contributed by atoms with Crippen molar-refractivity contribution in [2.24, 2.45) is 74.9 Å². The van der Waals surface area contributed by atoms with Gasteiger partial charge in [-0.1, -0.05) is 61.8 Å².